The van der Waals surface area contributed by atoms with Crippen LogP contribution in [0.3, 0.4) is 0 Å². The van der Waals surface area contributed by atoms with Crippen LogP contribution < -0.4 is 10.6 Å². The third-order valence-electron chi connectivity index (χ3n) is 5.19. The minimum absolute atomic E-state index is 0.0917. The quantitative estimate of drug-likeness (QED) is 0.707. The van der Waals surface area contributed by atoms with E-state index in [1.165, 1.54) is 31.2 Å². The Morgan fingerprint density at radius 1 is 1.14 bits per heavy atom. The fourth-order valence-electron chi connectivity index (χ4n) is 3.52. The molecule has 3 rings (SSSR count). The average Bonchev–Trinajstić information content (AvgIpc) is 3.08. The number of hydrogen-bond acceptors (Lipinski definition) is 4. The molecular formula is C21H26ClN3O2S. The van der Waals surface area contributed by atoms with Crippen molar-refractivity contribution in [3.05, 3.63) is 51.2 Å². The first kappa shape index (κ1) is 20.8. The van der Waals surface area contributed by atoms with Crippen molar-refractivity contribution in [3.63, 3.8) is 0 Å². The predicted molar refractivity (Wildman–Crippen MR) is 115 cm³/mol. The molecule has 0 saturated carbocycles. The van der Waals surface area contributed by atoms with Crippen molar-refractivity contribution >= 4 is 40.4 Å². The normalized spacial score (nSPS) is 16.2. The SMILES string of the molecule is Cc1c(Cl)cccc1NC(=O)C(=O)NCC(c1ccsc1)N1CCCCCC1. The molecule has 1 atom stereocenters. The van der Waals surface area contributed by atoms with E-state index in [1.807, 2.05) is 6.92 Å². The van der Waals surface area contributed by atoms with E-state index in [1.54, 1.807) is 29.5 Å². The lowest BCUT2D eigenvalue weighted by molar-refractivity contribution is -0.136. The fraction of sp³-hybridized carbons (Fsp3) is 0.429. The van der Waals surface area contributed by atoms with Crippen LogP contribution in [0.4, 0.5) is 5.69 Å². The third-order valence-corrected chi connectivity index (χ3v) is 6.30. The van der Waals surface area contributed by atoms with Crippen LogP contribution in [0.2, 0.25) is 5.02 Å². The zero-order valence-electron chi connectivity index (χ0n) is 16.0. The number of nitrogens with one attached hydrogen (secondary N) is 2. The number of likely N-dealkylation sites (tertiary alicyclic amines) is 1. The van der Waals surface area contributed by atoms with Gasteiger partial charge in [-0.25, -0.2) is 0 Å². The second kappa shape index (κ2) is 10.0. The highest BCUT2D eigenvalue weighted by atomic mass is 35.5. The summed E-state index contributed by atoms with van der Waals surface area (Å²) < 4.78 is 0. The van der Waals surface area contributed by atoms with E-state index in [2.05, 4.69) is 32.4 Å². The van der Waals surface area contributed by atoms with Gasteiger partial charge in [0.15, 0.2) is 0 Å². The van der Waals surface area contributed by atoms with Crippen molar-refractivity contribution in [2.45, 2.75) is 38.6 Å². The molecule has 0 bridgehead atoms. The molecule has 1 aliphatic heterocycles. The largest absolute Gasteiger partial charge is 0.346 e. The third kappa shape index (κ3) is 5.34. The lowest BCUT2D eigenvalue weighted by Gasteiger charge is -2.30. The van der Waals surface area contributed by atoms with Crippen molar-refractivity contribution in [3.8, 4) is 0 Å². The van der Waals surface area contributed by atoms with E-state index in [4.69, 9.17) is 11.6 Å². The Labute approximate surface area is 175 Å². The van der Waals surface area contributed by atoms with Gasteiger partial charge in [0.1, 0.15) is 0 Å². The number of rotatable bonds is 5. The second-order valence-corrected chi connectivity index (χ2v) is 8.29. The maximum atomic E-state index is 12.4. The first-order valence-electron chi connectivity index (χ1n) is 9.66. The summed E-state index contributed by atoms with van der Waals surface area (Å²) in [7, 11) is 0. The van der Waals surface area contributed by atoms with Gasteiger partial charge in [-0.15, -0.1) is 0 Å². The van der Waals surface area contributed by atoms with Gasteiger partial charge in [-0.05, 0) is 72.9 Å². The number of halogens is 1. The lowest BCUT2D eigenvalue weighted by Crippen LogP contribution is -2.42. The highest BCUT2D eigenvalue weighted by Crippen LogP contribution is 2.26. The number of carbonyl (C=O) groups excluding carboxylic acids is 2. The number of amides is 2. The van der Waals surface area contributed by atoms with Gasteiger partial charge in [0.05, 0.1) is 6.04 Å². The molecule has 7 heteroatoms. The zero-order chi connectivity index (χ0) is 19.9. The van der Waals surface area contributed by atoms with Crippen LogP contribution >= 0.6 is 22.9 Å². The molecule has 150 valence electrons. The average molecular weight is 420 g/mol. The number of thiophene rings is 1. The molecule has 1 saturated heterocycles. The van der Waals surface area contributed by atoms with E-state index in [0.717, 1.165) is 18.7 Å². The summed E-state index contributed by atoms with van der Waals surface area (Å²) >= 11 is 7.73. The topological polar surface area (TPSA) is 61.4 Å². The summed E-state index contributed by atoms with van der Waals surface area (Å²) in [6.45, 7) is 4.26. The molecule has 1 fully saturated rings. The summed E-state index contributed by atoms with van der Waals surface area (Å²) in [5.41, 5.74) is 2.49. The van der Waals surface area contributed by atoms with Crippen LogP contribution in [0.5, 0.6) is 0 Å². The Balaban J connectivity index is 1.62. The van der Waals surface area contributed by atoms with Crippen LogP contribution in [-0.4, -0.2) is 36.3 Å². The van der Waals surface area contributed by atoms with E-state index in [9.17, 15) is 9.59 Å². The summed E-state index contributed by atoms with van der Waals surface area (Å²) in [6.07, 6.45) is 4.84. The molecule has 2 heterocycles. The molecule has 28 heavy (non-hydrogen) atoms. The predicted octanol–water partition coefficient (Wildman–Crippen LogP) is 4.38. The van der Waals surface area contributed by atoms with Crippen LogP contribution in [0.25, 0.3) is 0 Å². The Kier molecular flexibility index (Phi) is 7.48. The second-order valence-electron chi connectivity index (χ2n) is 7.10. The summed E-state index contributed by atoms with van der Waals surface area (Å²) in [5, 5.41) is 10.2. The van der Waals surface area contributed by atoms with Gasteiger partial charge >= 0.3 is 11.8 Å². The van der Waals surface area contributed by atoms with Crippen LogP contribution in [-0.2, 0) is 9.59 Å². The van der Waals surface area contributed by atoms with Gasteiger partial charge in [-0.1, -0.05) is 30.5 Å². The Morgan fingerprint density at radius 2 is 1.89 bits per heavy atom. The molecule has 2 N–H and O–H groups in total. The maximum absolute atomic E-state index is 12.4. The van der Waals surface area contributed by atoms with Crippen molar-refractivity contribution in [1.29, 1.82) is 0 Å². The van der Waals surface area contributed by atoms with Gasteiger partial charge < -0.3 is 10.6 Å². The van der Waals surface area contributed by atoms with Crippen molar-refractivity contribution in [2.75, 3.05) is 25.0 Å². The molecule has 1 aromatic heterocycles. The molecule has 2 aromatic rings. The van der Waals surface area contributed by atoms with E-state index >= 15 is 0 Å². The van der Waals surface area contributed by atoms with Crippen LogP contribution in [0, 0.1) is 6.92 Å². The first-order chi connectivity index (χ1) is 13.6. The molecule has 5 nitrogen and oxygen atoms in total. The van der Waals surface area contributed by atoms with Crippen LogP contribution in [0.1, 0.15) is 42.9 Å². The maximum Gasteiger partial charge on any atom is 0.313 e. The summed E-state index contributed by atoms with van der Waals surface area (Å²) in [6, 6.07) is 7.42. The van der Waals surface area contributed by atoms with Gasteiger partial charge in [0.25, 0.3) is 0 Å². The Morgan fingerprint density at radius 3 is 2.57 bits per heavy atom. The molecule has 0 radical (unpaired) electrons. The fourth-order valence-corrected chi connectivity index (χ4v) is 4.40. The van der Waals surface area contributed by atoms with Gasteiger partial charge in [0.2, 0.25) is 0 Å². The molecule has 2 amide bonds. The monoisotopic (exact) mass is 419 g/mol. The minimum Gasteiger partial charge on any atom is -0.346 e. The first-order valence-corrected chi connectivity index (χ1v) is 11.0. The highest BCUT2D eigenvalue weighted by Gasteiger charge is 2.24. The summed E-state index contributed by atoms with van der Waals surface area (Å²) in [5.74, 6) is -1.31. The molecule has 0 aliphatic carbocycles. The zero-order valence-corrected chi connectivity index (χ0v) is 17.6. The number of benzene rings is 1. The Bertz CT molecular complexity index is 802. The lowest BCUT2D eigenvalue weighted by atomic mass is 10.1. The number of hydrogen-bond donors (Lipinski definition) is 2. The number of carbonyl (C=O) groups is 2. The van der Waals surface area contributed by atoms with E-state index in [-0.39, 0.29) is 6.04 Å². The standard InChI is InChI=1S/C21H26ClN3O2S/c1-15-17(22)7-6-8-18(15)24-21(27)20(26)23-13-19(16-9-12-28-14-16)25-10-4-2-3-5-11-25/h6-9,12,14,19H,2-5,10-11,13H2,1H3,(H,23,26)(H,24,27). The number of nitrogens with zero attached hydrogens (tertiary/aromatic N) is 1. The molecule has 1 aromatic carbocycles. The Hall–Kier alpha value is -1.89. The van der Waals surface area contributed by atoms with Crippen molar-refractivity contribution < 1.29 is 9.59 Å². The van der Waals surface area contributed by atoms with Gasteiger partial charge in [0, 0.05) is 17.3 Å². The molecule has 1 unspecified atom stereocenters. The minimum atomic E-state index is -0.676. The summed E-state index contributed by atoms with van der Waals surface area (Å²) in [4.78, 5) is 27.1. The molecule has 1 aliphatic rings. The highest BCUT2D eigenvalue weighted by molar-refractivity contribution is 7.08. The number of anilines is 1. The molecule has 0 spiro atoms. The van der Waals surface area contributed by atoms with Gasteiger partial charge in [-0.2, -0.15) is 11.3 Å². The van der Waals surface area contributed by atoms with E-state index in [0.29, 0.717) is 17.3 Å². The van der Waals surface area contributed by atoms with E-state index < -0.39 is 11.8 Å². The van der Waals surface area contributed by atoms with Crippen molar-refractivity contribution in [1.82, 2.24) is 10.2 Å². The molecular weight excluding hydrogens is 394 g/mol. The van der Waals surface area contributed by atoms with Crippen molar-refractivity contribution in [2.24, 2.45) is 0 Å². The van der Waals surface area contributed by atoms with Crippen LogP contribution in [0.15, 0.2) is 35.0 Å². The smallest absolute Gasteiger partial charge is 0.313 e. The van der Waals surface area contributed by atoms with Gasteiger partial charge in [-0.3, -0.25) is 14.5 Å².